The smallest absolute Gasteiger partial charge is 0.148 e. The number of pyridine rings is 1. The van der Waals surface area contributed by atoms with E-state index in [0.29, 0.717) is 29.6 Å². The van der Waals surface area contributed by atoms with Crippen LogP contribution in [0.5, 0.6) is 0 Å². The normalized spacial score (nSPS) is 29.3. The molecule has 1 aromatic rings. The number of halogens is 1. The lowest BCUT2D eigenvalue weighted by Crippen LogP contribution is -2.13. The van der Waals surface area contributed by atoms with Gasteiger partial charge >= 0.3 is 0 Å². The number of anilines is 1. The molecule has 0 N–H and O–H groups in total. The predicted octanol–water partition coefficient (Wildman–Crippen LogP) is 4.48. The standard InChI is InChI=1S/C13H10ClN9/c14-8-11(23-9-5-1-2-6(3-5)10(9)23)7(4-15)12(19-21-16)18-13(8)20-22-17/h5-6,9-10H,1-3H2/t5-,6+,9+,10-,23?. The van der Waals surface area contributed by atoms with Gasteiger partial charge in [-0.1, -0.05) is 11.6 Å². The number of rotatable bonds is 3. The zero-order valence-electron chi connectivity index (χ0n) is 11.8. The molecule has 0 aromatic carbocycles. The Bertz CT molecular complexity index is 830. The van der Waals surface area contributed by atoms with Crippen LogP contribution in [0.3, 0.4) is 0 Å². The summed E-state index contributed by atoms with van der Waals surface area (Å²) in [6.07, 6.45) is 3.61. The fourth-order valence-corrected chi connectivity index (χ4v) is 4.62. The number of nitrogens with zero attached hydrogens (tertiary/aromatic N) is 9. The average Bonchev–Trinajstić information content (AvgIpc) is 2.95. The third-order valence-corrected chi connectivity index (χ3v) is 5.46. The molecule has 2 bridgehead atoms. The fraction of sp³-hybridized carbons (Fsp3) is 0.538. The molecule has 1 aliphatic heterocycles. The van der Waals surface area contributed by atoms with Crippen molar-refractivity contribution >= 4 is 28.9 Å². The number of hydrogen-bond acceptors (Lipinski definition) is 5. The van der Waals surface area contributed by atoms with Gasteiger partial charge in [-0.25, -0.2) is 4.98 Å². The predicted molar refractivity (Wildman–Crippen MR) is 82.5 cm³/mol. The molecule has 0 radical (unpaired) electrons. The van der Waals surface area contributed by atoms with Crippen LogP contribution >= 0.6 is 11.6 Å². The summed E-state index contributed by atoms with van der Waals surface area (Å²) in [7, 11) is 0. The molecule has 2 aliphatic carbocycles. The summed E-state index contributed by atoms with van der Waals surface area (Å²) in [5.74, 6) is 1.07. The van der Waals surface area contributed by atoms with Crippen molar-refractivity contribution in [3.05, 3.63) is 31.5 Å². The molecule has 4 rings (SSSR count). The van der Waals surface area contributed by atoms with E-state index in [4.69, 9.17) is 22.7 Å². The van der Waals surface area contributed by atoms with Crippen molar-refractivity contribution in [2.24, 2.45) is 22.1 Å². The second-order valence-corrected chi connectivity index (χ2v) is 6.39. The zero-order valence-corrected chi connectivity index (χ0v) is 12.6. The zero-order chi connectivity index (χ0) is 16.1. The van der Waals surface area contributed by atoms with E-state index in [0.717, 1.165) is 0 Å². The number of fused-ring (bicyclic) bond motifs is 5. The van der Waals surface area contributed by atoms with E-state index in [-0.39, 0.29) is 22.2 Å². The Balaban J connectivity index is 1.90. The Labute approximate surface area is 135 Å². The van der Waals surface area contributed by atoms with Crippen LogP contribution in [0.15, 0.2) is 10.2 Å². The second-order valence-electron chi connectivity index (χ2n) is 6.01. The Hall–Kier alpha value is -2.65. The molecule has 114 valence electrons. The van der Waals surface area contributed by atoms with Gasteiger partial charge in [-0.15, -0.1) is 0 Å². The topological polar surface area (TPSA) is 137 Å². The monoisotopic (exact) mass is 327 g/mol. The summed E-state index contributed by atoms with van der Waals surface area (Å²) in [5.41, 5.74) is 18.0. The first-order valence-electron chi connectivity index (χ1n) is 7.23. The third kappa shape index (κ3) is 1.83. The highest BCUT2D eigenvalue weighted by molar-refractivity contribution is 6.36. The van der Waals surface area contributed by atoms with Crippen LogP contribution in [0.25, 0.3) is 20.9 Å². The van der Waals surface area contributed by atoms with Crippen molar-refractivity contribution < 1.29 is 0 Å². The average molecular weight is 328 g/mol. The van der Waals surface area contributed by atoms with Gasteiger partial charge in [0.1, 0.15) is 23.3 Å². The van der Waals surface area contributed by atoms with Gasteiger partial charge in [0, 0.05) is 9.82 Å². The molecule has 9 nitrogen and oxygen atoms in total. The van der Waals surface area contributed by atoms with E-state index in [1.165, 1.54) is 19.3 Å². The molecule has 2 saturated carbocycles. The molecule has 23 heavy (non-hydrogen) atoms. The van der Waals surface area contributed by atoms with E-state index >= 15 is 0 Å². The van der Waals surface area contributed by atoms with Gasteiger partial charge in [0.05, 0.1) is 22.8 Å². The summed E-state index contributed by atoms with van der Waals surface area (Å²) in [6, 6.07) is 2.78. The molecule has 3 aliphatic rings. The molecule has 2 heterocycles. The van der Waals surface area contributed by atoms with Gasteiger partial charge in [-0.3, -0.25) is 0 Å². The molecular formula is C13H10ClN9. The van der Waals surface area contributed by atoms with E-state index in [2.05, 4.69) is 29.9 Å². The van der Waals surface area contributed by atoms with Crippen molar-refractivity contribution in [1.29, 1.82) is 5.26 Å². The van der Waals surface area contributed by atoms with Crippen molar-refractivity contribution in [2.45, 2.75) is 31.3 Å². The minimum Gasteiger partial charge on any atom is -0.358 e. The largest absolute Gasteiger partial charge is 0.358 e. The maximum atomic E-state index is 9.50. The summed E-state index contributed by atoms with van der Waals surface area (Å²) < 4.78 is 0. The van der Waals surface area contributed by atoms with Gasteiger partial charge in [0.25, 0.3) is 0 Å². The fourth-order valence-electron chi connectivity index (χ4n) is 4.35. The van der Waals surface area contributed by atoms with Gasteiger partial charge in [-0.05, 0) is 52.4 Å². The number of piperidine rings is 1. The second kappa shape index (κ2) is 4.93. The lowest BCUT2D eigenvalue weighted by Gasteiger charge is -2.18. The van der Waals surface area contributed by atoms with E-state index < -0.39 is 0 Å². The number of hydrogen-bond donors (Lipinski definition) is 0. The first-order chi connectivity index (χ1) is 11.2. The van der Waals surface area contributed by atoms with Crippen molar-refractivity contribution in [1.82, 2.24) is 4.98 Å². The third-order valence-electron chi connectivity index (χ3n) is 5.11. The molecule has 0 unspecified atom stereocenters. The summed E-state index contributed by atoms with van der Waals surface area (Å²) >= 11 is 6.35. The van der Waals surface area contributed by atoms with Crippen molar-refractivity contribution in [3.63, 3.8) is 0 Å². The highest BCUT2D eigenvalue weighted by Gasteiger charge is 2.64. The lowest BCUT2D eigenvalue weighted by molar-refractivity contribution is 0.546. The van der Waals surface area contributed by atoms with Crippen LogP contribution in [-0.4, -0.2) is 17.1 Å². The summed E-state index contributed by atoms with van der Waals surface area (Å²) in [6.45, 7) is 0. The number of azide groups is 2. The van der Waals surface area contributed by atoms with Gasteiger partial charge in [0.2, 0.25) is 0 Å². The lowest BCUT2D eigenvalue weighted by atomic mass is 10.0. The first-order valence-corrected chi connectivity index (χ1v) is 7.61. The van der Waals surface area contributed by atoms with Gasteiger partial charge < -0.3 is 4.90 Å². The van der Waals surface area contributed by atoms with Crippen LogP contribution in [0, 0.1) is 23.2 Å². The highest BCUT2D eigenvalue weighted by Crippen LogP contribution is 2.61. The summed E-state index contributed by atoms with van der Waals surface area (Å²) in [5, 5.41) is 16.6. The Kier molecular flexibility index (Phi) is 3.00. The van der Waals surface area contributed by atoms with E-state index in [1.807, 2.05) is 6.07 Å². The van der Waals surface area contributed by atoms with Crippen molar-refractivity contribution in [3.8, 4) is 6.07 Å². The van der Waals surface area contributed by atoms with Gasteiger partial charge in [-0.2, -0.15) is 5.26 Å². The maximum absolute atomic E-state index is 9.50. The Morgan fingerprint density at radius 2 is 1.78 bits per heavy atom. The molecular weight excluding hydrogens is 318 g/mol. The first kappa shape index (κ1) is 14.0. The minimum atomic E-state index is -0.103. The molecule has 3 fully saturated rings. The number of nitriles is 1. The van der Waals surface area contributed by atoms with Crippen LogP contribution in [0.4, 0.5) is 17.3 Å². The van der Waals surface area contributed by atoms with Crippen LogP contribution in [0.2, 0.25) is 5.02 Å². The molecule has 10 heteroatoms. The molecule has 1 aromatic heterocycles. The molecule has 0 spiro atoms. The van der Waals surface area contributed by atoms with Crippen LogP contribution in [-0.2, 0) is 0 Å². The molecule has 1 saturated heterocycles. The Morgan fingerprint density at radius 1 is 1.17 bits per heavy atom. The van der Waals surface area contributed by atoms with E-state index in [1.54, 1.807) is 0 Å². The molecule has 0 amide bonds. The van der Waals surface area contributed by atoms with Crippen LogP contribution < -0.4 is 4.90 Å². The Morgan fingerprint density at radius 3 is 2.35 bits per heavy atom. The van der Waals surface area contributed by atoms with Crippen molar-refractivity contribution in [2.75, 3.05) is 4.90 Å². The number of aromatic nitrogens is 1. The highest BCUT2D eigenvalue weighted by atomic mass is 35.5. The van der Waals surface area contributed by atoms with E-state index in [9.17, 15) is 5.26 Å². The SMILES string of the molecule is N#Cc1c(N=[N+]=[N-])nc(N=[N+]=[N-])c(Cl)c1N1[C@@H]2[C@H]3CC[C@H](C3)[C@@H]21. The molecule has 4 atom stereocenters. The maximum Gasteiger partial charge on any atom is 0.148 e. The van der Waals surface area contributed by atoms with Gasteiger partial charge in [0.15, 0.2) is 0 Å². The van der Waals surface area contributed by atoms with Crippen LogP contribution in [0.1, 0.15) is 24.8 Å². The minimum absolute atomic E-state index is 0.0668. The quantitative estimate of drug-likeness (QED) is 0.350. The summed E-state index contributed by atoms with van der Waals surface area (Å²) in [4.78, 5) is 11.4.